The molecular weight excluding hydrogens is 254 g/mol. The number of ether oxygens (including phenoxy) is 1. The van der Waals surface area contributed by atoms with Gasteiger partial charge in [0, 0.05) is 5.69 Å². The van der Waals surface area contributed by atoms with Crippen molar-refractivity contribution >= 4 is 11.7 Å². The Hall–Kier alpha value is -2.49. The van der Waals surface area contributed by atoms with Gasteiger partial charge >= 0.3 is 5.97 Å². The number of nitrogens with one attached hydrogen (secondary N) is 1. The summed E-state index contributed by atoms with van der Waals surface area (Å²) in [6.07, 6.45) is 0. The maximum absolute atomic E-state index is 11.4. The average Bonchev–Trinajstić information content (AvgIpc) is 2.46. The van der Waals surface area contributed by atoms with Crippen LogP contribution in [0, 0.1) is 6.92 Å². The Labute approximate surface area is 118 Å². The number of carbonyl (C=O) groups is 1. The van der Waals surface area contributed by atoms with E-state index in [-0.39, 0.29) is 0 Å². The number of carboxylic acids is 1. The predicted molar refractivity (Wildman–Crippen MR) is 78.2 cm³/mol. The molecule has 2 N–H and O–H groups in total. The van der Waals surface area contributed by atoms with Crippen LogP contribution in [-0.2, 0) is 4.79 Å². The Morgan fingerprint density at radius 3 is 2.20 bits per heavy atom. The third-order valence-corrected chi connectivity index (χ3v) is 3.06. The quantitative estimate of drug-likeness (QED) is 0.876. The second-order valence-corrected chi connectivity index (χ2v) is 4.55. The zero-order valence-electron chi connectivity index (χ0n) is 11.5. The number of methoxy groups -OCH3 is 1. The lowest BCUT2D eigenvalue weighted by Gasteiger charge is -2.16. The van der Waals surface area contributed by atoms with Crippen LogP contribution in [0.3, 0.4) is 0 Å². The van der Waals surface area contributed by atoms with Gasteiger partial charge in [-0.2, -0.15) is 0 Å². The first-order valence-electron chi connectivity index (χ1n) is 6.30. The Kier molecular flexibility index (Phi) is 4.25. The smallest absolute Gasteiger partial charge is 0.330 e. The minimum Gasteiger partial charge on any atom is -0.497 e. The van der Waals surface area contributed by atoms with E-state index in [1.165, 1.54) is 0 Å². The molecular formula is C16H17NO3. The summed E-state index contributed by atoms with van der Waals surface area (Å²) in [5.41, 5.74) is 2.59. The van der Waals surface area contributed by atoms with Crippen LogP contribution in [0.15, 0.2) is 48.5 Å². The van der Waals surface area contributed by atoms with Gasteiger partial charge in [-0.3, -0.25) is 0 Å². The number of benzene rings is 2. The van der Waals surface area contributed by atoms with Gasteiger partial charge in [0.15, 0.2) is 6.04 Å². The molecule has 2 aromatic carbocycles. The van der Waals surface area contributed by atoms with Crippen LogP contribution in [0.25, 0.3) is 0 Å². The predicted octanol–water partition coefficient (Wildman–Crippen LogP) is 3.24. The summed E-state index contributed by atoms with van der Waals surface area (Å²) < 4.78 is 5.07. The van der Waals surface area contributed by atoms with Crippen LogP contribution in [0.4, 0.5) is 5.69 Å². The second-order valence-electron chi connectivity index (χ2n) is 4.55. The van der Waals surface area contributed by atoms with Gasteiger partial charge in [-0.05, 0) is 36.8 Å². The molecule has 0 aliphatic carbocycles. The molecule has 0 bridgehead atoms. The van der Waals surface area contributed by atoms with Crippen LogP contribution in [-0.4, -0.2) is 18.2 Å². The molecule has 1 unspecified atom stereocenters. The van der Waals surface area contributed by atoms with E-state index >= 15 is 0 Å². The van der Waals surface area contributed by atoms with Gasteiger partial charge in [0.05, 0.1) is 7.11 Å². The standard InChI is InChI=1S/C16H17NO3/c1-11-3-7-13(8-4-11)17-15(16(18)19)12-5-9-14(20-2)10-6-12/h3-10,15,17H,1-2H3,(H,18,19). The second kappa shape index (κ2) is 6.10. The fraction of sp³-hybridized carbons (Fsp3) is 0.188. The summed E-state index contributed by atoms with van der Waals surface area (Å²) in [6.45, 7) is 1.99. The van der Waals surface area contributed by atoms with Crippen LogP contribution < -0.4 is 10.1 Å². The highest BCUT2D eigenvalue weighted by atomic mass is 16.5. The highest BCUT2D eigenvalue weighted by Gasteiger charge is 2.19. The molecule has 0 spiro atoms. The molecule has 0 heterocycles. The molecule has 0 fully saturated rings. The largest absolute Gasteiger partial charge is 0.497 e. The number of hydrogen-bond donors (Lipinski definition) is 2. The van der Waals surface area contributed by atoms with Crippen LogP contribution in [0.1, 0.15) is 17.2 Å². The molecule has 0 saturated carbocycles. The molecule has 0 aliphatic heterocycles. The first kappa shape index (κ1) is 13.9. The Balaban J connectivity index is 2.22. The molecule has 1 atom stereocenters. The molecule has 0 amide bonds. The SMILES string of the molecule is COc1ccc(C(Nc2ccc(C)cc2)C(=O)O)cc1. The summed E-state index contributed by atoms with van der Waals surface area (Å²) in [7, 11) is 1.58. The number of rotatable bonds is 5. The molecule has 4 nitrogen and oxygen atoms in total. The minimum atomic E-state index is -0.921. The third kappa shape index (κ3) is 3.29. The van der Waals surface area contributed by atoms with Gasteiger partial charge in [-0.1, -0.05) is 29.8 Å². The third-order valence-electron chi connectivity index (χ3n) is 3.06. The van der Waals surface area contributed by atoms with E-state index in [1.807, 2.05) is 31.2 Å². The van der Waals surface area contributed by atoms with Crippen molar-refractivity contribution in [1.29, 1.82) is 0 Å². The van der Waals surface area contributed by atoms with Gasteiger partial charge in [-0.25, -0.2) is 4.79 Å². The first-order chi connectivity index (χ1) is 9.60. The van der Waals surface area contributed by atoms with Crippen molar-refractivity contribution in [2.24, 2.45) is 0 Å². The molecule has 0 aromatic heterocycles. The fourth-order valence-electron chi connectivity index (χ4n) is 1.90. The van der Waals surface area contributed by atoms with Crippen molar-refractivity contribution in [3.8, 4) is 5.75 Å². The monoisotopic (exact) mass is 271 g/mol. The highest BCUT2D eigenvalue weighted by Crippen LogP contribution is 2.22. The minimum absolute atomic E-state index is 0.680. The van der Waals surface area contributed by atoms with Gasteiger partial charge in [0.25, 0.3) is 0 Å². The Morgan fingerprint density at radius 2 is 1.70 bits per heavy atom. The number of aryl methyl sites for hydroxylation is 1. The van der Waals surface area contributed by atoms with Crippen molar-refractivity contribution in [3.05, 3.63) is 59.7 Å². The van der Waals surface area contributed by atoms with Crippen LogP contribution in [0.5, 0.6) is 5.75 Å². The Bertz CT molecular complexity index is 576. The van der Waals surface area contributed by atoms with E-state index < -0.39 is 12.0 Å². The van der Waals surface area contributed by atoms with E-state index in [4.69, 9.17) is 4.74 Å². The lowest BCUT2D eigenvalue weighted by molar-refractivity contribution is -0.138. The van der Waals surface area contributed by atoms with Crippen molar-refractivity contribution in [3.63, 3.8) is 0 Å². The maximum Gasteiger partial charge on any atom is 0.330 e. The zero-order valence-corrected chi connectivity index (χ0v) is 11.5. The molecule has 20 heavy (non-hydrogen) atoms. The zero-order chi connectivity index (χ0) is 14.5. The number of aliphatic carboxylic acids is 1. The van der Waals surface area contributed by atoms with Crippen molar-refractivity contribution in [2.45, 2.75) is 13.0 Å². The fourth-order valence-corrected chi connectivity index (χ4v) is 1.90. The lowest BCUT2D eigenvalue weighted by Crippen LogP contribution is -2.20. The maximum atomic E-state index is 11.4. The first-order valence-corrected chi connectivity index (χ1v) is 6.30. The molecule has 0 aliphatic rings. The summed E-state index contributed by atoms with van der Waals surface area (Å²) >= 11 is 0. The van der Waals surface area contributed by atoms with E-state index in [0.29, 0.717) is 11.3 Å². The van der Waals surface area contributed by atoms with Crippen LogP contribution >= 0.6 is 0 Å². The topological polar surface area (TPSA) is 58.6 Å². The van der Waals surface area contributed by atoms with Gasteiger partial charge in [-0.15, -0.1) is 0 Å². The number of hydrogen-bond acceptors (Lipinski definition) is 3. The van der Waals surface area contributed by atoms with Gasteiger partial charge in [0.1, 0.15) is 5.75 Å². The van der Waals surface area contributed by atoms with Gasteiger partial charge < -0.3 is 15.2 Å². The van der Waals surface area contributed by atoms with Crippen molar-refractivity contribution in [2.75, 3.05) is 12.4 Å². The number of anilines is 1. The van der Waals surface area contributed by atoms with Gasteiger partial charge in [0.2, 0.25) is 0 Å². The Morgan fingerprint density at radius 1 is 1.10 bits per heavy atom. The molecule has 104 valence electrons. The molecule has 0 radical (unpaired) electrons. The highest BCUT2D eigenvalue weighted by molar-refractivity contribution is 5.79. The van der Waals surface area contributed by atoms with Crippen molar-refractivity contribution < 1.29 is 14.6 Å². The summed E-state index contributed by atoms with van der Waals surface area (Å²) in [6, 6.07) is 13.8. The lowest BCUT2D eigenvalue weighted by atomic mass is 10.1. The summed E-state index contributed by atoms with van der Waals surface area (Å²) in [5, 5.41) is 12.4. The molecule has 2 rings (SSSR count). The van der Waals surface area contributed by atoms with E-state index in [0.717, 1.165) is 11.3 Å². The normalized spacial score (nSPS) is 11.7. The van der Waals surface area contributed by atoms with Crippen LogP contribution in [0.2, 0.25) is 0 Å². The molecule has 2 aromatic rings. The van der Waals surface area contributed by atoms with E-state index in [1.54, 1.807) is 31.4 Å². The van der Waals surface area contributed by atoms with E-state index in [9.17, 15) is 9.90 Å². The van der Waals surface area contributed by atoms with Crippen molar-refractivity contribution in [1.82, 2.24) is 0 Å². The summed E-state index contributed by atoms with van der Waals surface area (Å²) in [5.74, 6) is -0.219. The molecule has 4 heteroatoms. The number of carboxylic acid groups (broad SMARTS) is 1. The average molecular weight is 271 g/mol. The van der Waals surface area contributed by atoms with E-state index in [2.05, 4.69) is 5.32 Å². The molecule has 0 saturated heterocycles. The summed E-state index contributed by atoms with van der Waals surface area (Å²) in [4.78, 5) is 11.4.